The molecule has 7 heterocycles. The third kappa shape index (κ3) is 9.47. The van der Waals surface area contributed by atoms with Gasteiger partial charge in [-0.3, -0.25) is 4.79 Å². The summed E-state index contributed by atoms with van der Waals surface area (Å²) >= 11 is 0. The van der Waals surface area contributed by atoms with Crippen LogP contribution in [0, 0.1) is 23.2 Å². The molecular formula is C48H74O20. The van der Waals surface area contributed by atoms with Crippen LogP contribution in [0.5, 0.6) is 0 Å². The van der Waals surface area contributed by atoms with Crippen LogP contribution in [0.3, 0.4) is 0 Å². The summed E-state index contributed by atoms with van der Waals surface area (Å²) in [7, 11) is 4.61. The number of ether oxygens (including phenoxy) is 14. The average Bonchev–Trinajstić information content (AvgIpc) is 3.83. The minimum absolute atomic E-state index is 0.0931. The highest BCUT2D eigenvalue weighted by atomic mass is 16.8. The summed E-state index contributed by atoms with van der Waals surface area (Å²) in [4.78, 5) is 13.8. The van der Waals surface area contributed by atoms with Gasteiger partial charge in [-0.2, -0.15) is 0 Å². The number of allylic oxidation sites excluding steroid dienone is 1. The van der Waals surface area contributed by atoms with Crippen molar-refractivity contribution < 1.29 is 96.6 Å². The molecule has 386 valence electrons. The fourth-order valence-corrected chi connectivity index (χ4v) is 12.8. The van der Waals surface area contributed by atoms with Crippen molar-refractivity contribution in [3.8, 4) is 0 Å². The Labute approximate surface area is 397 Å². The molecule has 2 aliphatic carbocycles. The molecule has 0 radical (unpaired) electrons. The normalized spacial score (nSPS) is 51.7. The van der Waals surface area contributed by atoms with Gasteiger partial charge in [0, 0.05) is 41.1 Å². The maximum atomic E-state index is 13.8. The lowest BCUT2D eigenvalue weighted by molar-refractivity contribution is -0.362. The molecule has 7 fully saturated rings. The Kier molecular flexibility index (Phi) is 15.4. The molecule has 0 aromatic carbocycles. The third-order valence-corrected chi connectivity index (χ3v) is 16.7. The lowest BCUT2D eigenvalue weighted by Crippen LogP contribution is -2.62. The van der Waals surface area contributed by atoms with E-state index in [2.05, 4.69) is 13.0 Å². The topological polar surface area (TPSA) is 247 Å². The molecule has 9 rings (SSSR count). The van der Waals surface area contributed by atoms with E-state index in [1.54, 1.807) is 14.0 Å². The second-order valence-corrected chi connectivity index (χ2v) is 20.7. The van der Waals surface area contributed by atoms with Crippen LogP contribution in [0.25, 0.3) is 0 Å². The Morgan fingerprint density at radius 3 is 2.04 bits per heavy atom. The highest BCUT2D eigenvalue weighted by molar-refractivity contribution is 5.74. The first-order chi connectivity index (χ1) is 32.5. The van der Waals surface area contributed by atoms with Crippen molar-refractivity contribution in [2.45, 2.75) is 215 Å². The number of carbonyl (C=O) groups is 1. The maximum absolute atomic E-state index is 13.8. The van der Waals surface area contributed by atoms with E-state index in [0.717, 1.165) is 31.3 Å². The molecule has 20 heteroatoms. The zero-order chi connectivity index (χ0) is 48.4. The molecule has 7 aliphatic heterocycles. The van der Waals surface area contributed by atoms with E-state index in [9.17, 15) is 30.3 Å². The molecule has 9 aliphatic rings. The minimum Gasteiger partial charge on any atom is -0.469 e. The smallest absolute Gasteiger partial charge is 0.309 e. The molecule has 0 unspecified atom stereocenters. The van der Waals surface area contributed by atoms with E-state index in [-0.39, 0.29) is 54.2 Å². The van der Waals surface area contributed by atoms with Gasteiger partial charge in [-0.25, -0.2) is 0 Å². The van der Waals surface area contributed by atoms with E-state index in [0.29, 0.717) is 19.4 Å². The summed E-state index contributed by atoms with van der Waals surface area (Å²) in [5.41, 5.74) is 2.20. The fraction of sp³-hybridized carbons (Fsp3) is 0.896. The summed E-state index contributed by atoms with van der Waals surface area (Å²) < 4.78 is 86.1. The lowest BCUT2D eigenvalue weighted by atomic mass is 9.55. The van der Waals surface area contributed by atoms with Crippen LogP contribution >= 0.6 is 0 Å². The zero-order valence-electron chi connectivity index (χ0n) is 40.4. The molecule has 0 aromatic heterocycles. The lowest BCUT2D eigenvalue weighted by Gasteiger charge is -2.51. The van der Waals surface area contributed by atoms with Crippen LogP contribution in [0.2, 0.25) is 0 Å². The molecule has 20 nitrogen and oxygen atoms in total. The van der Waals surface area contributed by atoms with Gasteiger partial charge in [-0.1, -0.05) is 18.6 Å². The fourth-order valence-electron chi connectivity index (χ4n) is 12.8. The molecule has 0 aromatic rings. The first-order valence-electron chi connectivity index (χ1n) is 24.6. The van der Waals surface area contributed by atoms with Crippen LogP contribution in [0.15, 0.2) is 23.5 Å². The Morgan fingerprint density at radius 2 is 1.38 bits per heavy atom. The number of aliphatic hydroxyl groups is 5. The second-order valence-electron chi connectivity index (χ2n) is 20.7. The van der Waals surface area contributed by atoms with Gasteiger partial charge in [0.25, 0.3) is 0 Å². The maximum Gasteiger partial charge on any atom is 0.309 e. The van der Waals surface area contributed by atoms with E-state index in [4.69, 9.17) is 66.3 Å². The first kappa shape index (κ1) is 51.0. The predicted octanol–water partition coefficient (Wildman–Crippen LogP) is 1.48. The van der Waals surface area contributed by atoms with Crippen molar-refractivity contribution in [3.63, 3.8) is 0 Å². The number of hydrogen-bond donors (Lipinski definition) is 5. The largest absolute Gasteiger partial charge is 0.469 e. The number of methoxy groups -OCH3 is 3. The predicted molar refractivity (Wildman–Crippen MR) is 232 cm³/mol. The second kappa shape index (κ2) is 20.5. The average molecular weight is 971 g/mol. The molecule has 68 heavy (non-hydrogen) atoms. The number of fused-ring (bicyclic) bond motifs is 3. The molecule has 1 saturated carbocycles. The van der Waals surface area contributed by atoms with Gasteiger partial charge in [-0.05, 0) is 76.2 Å². The number of hydrogen-bond acceptors (Lipinski definition) is 20. The Bertz CT molecular complexity index is 1820. The quantitative estimate of drug-likeness (QED) is 0.137. The van der Waals surface area contributed by atoms with Gasteiger partial charge in [0.2, 0.25) is 5.79 Å². The van der Waals surface area contributed by atoms with Crippen molar-refractivity contribution in [1.82, 2.24) is 0 Å². The monoisotopic (exact) mass is 970 g/mol. The van der Waals surface area contributed by atoms with Crippen LogP contribution in [0.1, 0.15) is 86.0 Å². The number of aliphatic hydroxyl groups excluding tert-OH is 5. The Morgan fingerprint density at radius 1 is 0.735 bits per heavy atom. The van der Waals surface area contributed by atoms with Gasteiger partial charge in [0.15, 0.2) is 25.2 Å². The molecule has 0 spiro atoms. The molecule has 6 saturated heterocycles. The number of carbonyl (C=O) groups excluding carboxylic acids is 1. The summed E-state index contributed by atoms with van der Waals surface area (Å²) in [6.07, 6.45) is -8.23. The van der Waals surface area contributed by atoms with E-state index >= 15 is 0 Å². The van der Waals surface area contributed by atoms with Gasteiger partial charge in [0.05, 0.1) is 67.9 Å². The summed E-state index contributed by atoms with van der Waals surface area (Å²) in [6, 6.07) is 0. The molecule has 5 N–H and O–H groups in total. The molecular weight excluding hydrogens is 897 g/mol. The van der Waals surface area contributed by atoms with Crippen molar-refractivity contribution in [3.05, 3.63) is 23.5 Å². The van der Waals surface area contributed by atoms with E-state index in [1.807, 2.05) is 27.0 Å². The standard InChI is InChI=1S/C48H74O20/c1-21-40(66-33-17-30(56-7)41(22(2)61-33)68-45-38(52)37(51)36(50)31(18-49)65-45)29(55-6)16-34(60-21)67-42-23(3)62-46(39(53)43(42)57-8)63-26-13-14-47(4)25(15-26)10-11-27-28(47)12-9-24-19-58-48(5)35(24)32(20-59-48)64-44(27)54/h10,19,21-23,26-43,45-46,49-53H,9,11-18,20H2,1-8H3/t21-,22+,23+,26-,27+,28-,29-,30-,31+,32+,33-,34-,35+,36+,37-,38+,39+,40+,41+,42+,43+,45-,46-,47-,48-/m0/s1. The first-order valence-corrected chi connectivity index (χ1v) is 24.6. The van der Waals surface area contributed by atoms with E-state index < -0.39 is 123 Å². The molecule has 0 amide bonds. The zero-order valence-corrected chi connectivity index (χ0v) is 40.4. The summed E-state index contributed by atoms with van der Waals surface area (Å²) in [6.45, 7) is 9.41. The van der Waals surface area contributed by atoms with Gasteiger partial charge in [0.1, 0.15) is 61.0 Å². The SMILES string of the molecule is CO[C@@H]1[C@@H](O)[C@H](O[C@H]2CC[C@@]3(C)C(=CC[C@H]4C(=O)O[C@@H]5CO[C@]6(C)OC=C(CC[C@@H]43)[C@H]56)C2)O[C@H](C)[C@H]1O[C@H]1C[C@H](OC)[C@H](O[C@H]2C[C@H](OC)[C@H](O[C@@H]3O[C@H](CO)[C@@H](O)[C@H](O)[C@H]3O)[C@@H](C)O2)[C@H](C)O1. The van der Waals surface area contributed by atoms with Gasteiger partial charge >= 0.3 is 5.97 Å². The van der Waals surface area contributed by atoms with Crippen LogP contribution in [-0.4, -0.2) is 195 Å². The van der Waals surface area contributed by atoms with Gasteiger partial charge < -0.3 is 91.8 Å². The highest BCUT2D eigenvalue weighted by Gasteiger charge is 2.59. The summed E-state index contributed by atoms with van der Waals surface area (Å²) in [5.74, 6) is -1.18. The number of rotatable bonds is 12. The van der Waals surface area contributed by atoms with Gasteiger partial charge in [-0.15, -0.1) is 0 Å². The van der Waals surface area contributed by atoms with E-state index in [1.165, 1.54) is 19.8 Å². The molecule has 25 atom stereocenters. The van der Waals surface area contributed by atoms with Crippen LogP contribution in [-0.2, 0) is 71.1 Å². The highest BCUT2D eigenvalue weighted by Crippen LogP contribution is 2.57. The Hall–Kier alpha value is -1.93. The van der Waals surface area contributed by atoms with Crippen molar-refractivity contribution in [2.75, 3.05) is 34.5 Å². The van der Waals surface area contributed by atoms with Crippen LogP contribution < -0.4 is 0 Å². The van der Waals surface area contributed by atoms with Crippen molar-refractivity contribution in [2.24, 2.45) is 23.2 Å². The molecule has 0 bridgehead atoms. The number of esters is 1. The summed E-state index contributed by atoms with van der Waals surface area (Å²) in [5, 5.41) is 52.5. The Balaban J connectivity index is 0.781. The minimum atomic E-state index is -1.59. The van der Waals surface area contributed by atoms with Crippen LogP contribution in [0.4, 0.5) is 0 Å². The van der Waals surface area contributed by atoms with Crippen molar-refractivity contribution in [1.29, 1.82) is 0 Å². The van der Waals surface area contributed by atoms with Crippen molar-refractivity contribution >= 4 is 5.97 Å². The third-order valence-electron chi connectivity index (χ3n) is 16.7.